The molecule has 1 atom stereocenters. The number of nitriles is 1. The Morgan fingerprint density at radius 3 is 2.47 bits per heavy atom. The number of carbonyl (C=O) groups excluding carboxylic acids is 1. The van der Waals surface area contributed by atoms with Crippen molar-refractivity contribution in [2.75, 3.05) is 19.6 Å². The molecular formula is C11H20N2O2. The van der Waals surface area contributed by atoms with Crippen LogP contribution < -0.4 is 0 Å². The van der Waals surface area contributed by atoms with E-state index in [1.807, 2.05) is 32.6 Å². The van der Waals surface area contributed by atoms with Crippen molar-refractivity contribution in [3.8, 4) is 6.07 Å². The van der Waals surface area contributed by atoms with Crippen LogP contribution in [0.2, 0.25) is 0 Å². The van der Waals surface area contributed by atoms with E-state index in [9.17, 15) is 4.79 Å². The van der Waals surface area contributed by atoms with Crippen LogP contribution in [0.25, 0.3) is 0 Å². The second-order valence-electron chi connectivity index (χ2n) is 3.90. The molecule has 0 aromatic carbocycles. The van der Waals surface area contributed by atoms with Crippen molar-refractivity contribution >= 4 is 5.97 Å². The van der Waals surface area contributed by atoms with Gasteiger partial charge in [0.15, 0.2) is 0 Å². The van der Waals surface area contributed by atoms with Crippen LogP contribution in [0.15, 0.2) is 0 Å². The van der Waals surface area contributed by atoms with Gasteiger partial charge in [0.1, 0.15) is 0 Å². The molecule has 0 radical (unpaired) electrons. The van der Waals surface area contributed by atoms with Crippen LogP contribution in [0.5, 0.6) is 0 Å². The largest absolute Gasteiger partial charge is 0.462 e. The first-order valence-electron chi connectivity index (χ1n) is 5.31. The molecule has 0 aliphatic carbocycles. The second kappa shape index (κ2) is 7.24. The third-order valence-corrected chi connectivity index (χ3v) is 1.92. The van der Waals surface area contributed by atoms with E-state index < -0.39 is 0 Å². The maximum Gasteiger partial charge on any atom is 0.320 e. The molecular weight excluding hydrogens is 192 g/mol. The van der Waals surface area contributed by atoms with Crippen molar-refractivity contribution in [1.29, 1.82) is 5.26 Å². The summed E-state index contributed by atoms with van der Waals surface area (Å²) in [6, 6.07) is 2.15. The van der Waals surface area contributed by atoms with Gasteiger partial charge < -0.3 is 4.74 Å². The summed E-state index contributed by atoms with van der Waals surface area (Å²) in [7, 11) is 0. The number of esters is 1. The van der Waals surface area contributed by atoms with Crippen LogP contribution in [0.3, 0.4) is 0 Å². The Kier molecular flexibility index (Phi) is 6.72. The molecule has 0 fully saturated rings. The highest BCUT2D eigenvalue weighted by atomic mass is 16.5. The highest BCUT2D eigenvalue weighted by molar-refractivity contribution is 5.71. The van der Waals surface area contributed by atoms with Crippen LogP contribution in [-0.4, -0.2) is 36.6 Å². The summed E-state index contributed by atoms with van der Waals surface area (Å²) >= 11 is 0. The fourth-order valence-electron chi connectivity index (χ4n) is 1.22. The number of likely N-dealkylation sites (N-methyl/N-ethyl adjacent to an activating group) is 1. The SMILES string of the molecule is CCN(CC(=O)OC(C)C)CC(C)C#N. The van der Waals surface area contributed by atoms with E-state index in [4.69, 9.17) is 10.00 Å². The van der Waals surface area contributed by atoms with E-state index in [1.54, 1.807) is 0 Å². The van der Waals surface area contributed by atoms with Gasteiger partial charge in [0.05, 0.1) is 24.6 Å². The number of hydrogen-bond acceptors (Lipinski definition) is 4. The molecule has 0 saturated carbocycles. The summed E-state index contributed by atoms with van der Waals surface area (Å²) in [5.74, 6) is -0.284. The lowest BCUT2D eigenvalue weighted by Crippen LogP contribution is -2.34. The van der Waals surface area contributed by atoms with Gasteiger partial charge in [-0.2, -0.15) is 5.26 Å². The Morgan fingerprint density at radius 2 is 2.07 bits per heavy atom. The zero-order valence-corrected chi connectivity index (χ0v) is 9.99. The van der Waals surface area contributed by atoms with E-state index in [0.29, 0.717) is 6.54 Å². The summed E-state index contributed by atoms with van der Waals surface area (Å²) < 4.78 is 5.03. The number of ether oxygens (including phenoxy) is 1. The molecule has 0 amide bonds. The number of rotatable bonds is 6. The summed E-state index contributed by atoms with van der Waals surface area (Å²) in [6.45, 7) is 9.08. The summed E-state index contributed by atoms with van der Waals surface area (Å²) in [4.78, 5) is 13.3. The van der Waals surface area contributed by atoms with Crippen molar-refractivity contribution in [3.63, 3.8) is 0 Å². The minimum absolute atomic E-state index is 0.0585. The van der Waals surface area contributed by atoms with Gasteiger partial charge in [-0.1, -0.05) is 6.92 Å². The van der Waals surface area contributed by atoms with Gasteiger partial charge in [-0.15, -0.1) is 0 Å². The van der Waals surface area contributed by atoms with Gasteiger partial charge in [-0.05, 0) is 27.3 Å². The average Bonchev–Trinajstić information content (AvgIpc) is 2.15. The van der Waals surface area contributed by atoms with Crippen LogP contribution in [0, 0.1) is 17.2 Å². The smallest absolute Gasteiger partial charge is 0.320 e. The van der Waals surface area contributed by atoms with Crippen molar-refractivity contribution in [3.05, 3.63) is 0 Å². The summed E-state index contributed by atoms with van der Waals surface area (Å²) in [5, 5.41) is 8.67. The highest BCUT2D eigenvalue weighted by Gasteiger charge is 2.13. The van der Waals surface area contributed by atoms with Crippen LogP contribution in [0.4, 0.5) is 0 Å². The molecule has 0 N–H and O–H groups in total. The fourth-order valence-corrected chi connectivity index (χ4v) is 1.22. The lowest BCUT2D eigenvalue weighted by Gasteiger charge is -2.20. The van der Waals surface area contributed by atoms with Gasteiger partial charge in [-0.25, -0.2) is 0 Å². The molecule has 4 nitrogen and oxygen atoms in total. The lowest BCUT2D eigenvalue weighted by molar-refractivity contribution is -0.148. The van der Waals surface area contributed by atoms with E-state index in [1.165, 1.54) is 0 Å². The third kappa shape index (κ3) is 6.92. The molecule has 0 bridgehead atoms. The predicted molar refractivity (Wildman–Crippen MR) is 58.1 cm³/mol. The minimum atomic E-state index is -0.225. The Labute approximate surface area is 91.8 Å². The standard InChI is InChI=1S/C11H20N2O2/c1-5-13(7-10(4)6-12)8-11(14)15-9(2)3/h9-10H,5,7-8H2,1-4H3. The molecule has 4 heteroatoms. The first-order valence-corrected chi connectivity index (χ1v) is 5.31. The maximum absolute atomic E-state index is 11.3. The molecule has 0 aliphatic heterocycles. The Balaban J connectivity index is 3.99. The van der Waals surface area contributed by atoms with Crippen LogP contribution >= 0.6 is 0 Å². The Hall–Kier alpha value is -1.08. The van der Waals surface area contributed by atoms with Crippen LogP contribution in [0.1, 0.15) is 27.7 Å². The van der Waals surface area contributed by atoms with Crippen molar-refractivity contribution in [2.45, 2.75) is 33.8 Å². The molecule has 15 heavy (non-hydrogen) atoms. The Bertz CT molecular complexity index is 233. The highest BCUT2D eigenvalue weighted by Crippen LogP contribution is 1.99. The molecule has 1 unspecified atom stereocenters. The fraction of sp³-hybridized carbons (Fsp3) is 0.818. The average molecular weight is 212 g/mol. The molecule has 0 spiro atoms. The van der Waals surface area contributed by atoms with Gasteiger partial charge in [0.2, 0.25) is 0 Å². The number of hydrogen-bond donors (Lipinski definition) is 0. The lowest BCUT2D eigenvalue weighted by atomic mass is 10.2. The van der Waals surface area contributed by atoms with E-state index in [2.05, 4.69) is 6.07 Å². The van der Waals surface area contributed by atoms with Gasteiger partial charge in [0.25, 0.3) is 0 Å². The second-order valence-corrected chi connectivity index (χ2v) is 3.90. The quantitative estimate of drug-likeness (QED) is 0.625. The van der Waals surface area contributed by atoms with E-state index in [0.717, 1.165) is 6.54 Å². The summed E-state index contributed by atoms with van der Waals surface area (Å²) in [5.41, 5.74) is 0. The predicted octanol–water partition coefficient (Wildman–Crippen LogP) is 1.42. The minimum Gasteiger partial charge on any atom is -0.462 e. The van der Waals surface area contributed by atoms with Crippen molar-refractivity contribution in [2.24, 2.45) is 5.92 Å². The third-order valence-electron chi connectivity index (χ3n) is 1.92. The molecule has 0 aromatic heterocycles. The van der Waals surface area contributed by atoms with Crippen molar-refractivity contribution < 1.29 is 9.53 Å². The maximum atomic E-state index is 11.3. The molecule has 0 aliphatic rings. The molecule has 0 saturated heterocycles. The number of carbonyl (C=O) groups is 1. The number of nitrogens with zero attached hydrogens (tertiary/aromatic N) is 2. The molecule has 86 valence electrons. The van der Waals surface area contributed by atoms with E-state index >= 15 is 0 Å². The summed E-state index contributed by atoms with van der Waals surface area (Å²) in [6.07, 6.45) is -0.0791. The normalized spacial score (nSPS) is 12.6. The van der Waals surface area contributed by atoms with Crippen molar-refractivity contribution in [1.82, 2.24) is 4.90 Å². The monoisotopic (exact) mass is 212 g/mol. The topological polar surface area (TPSA) is 53.3 Å². The first kappa shape index (κ1) is 13.9. The van der Waals surface area contributed by atoms with Crippen LogP contribution in [-0.2, 0) is 9.53 Å². The van der Waals surface area contributed by atoms with Gasteiger partial charge in [0, 0.05) is 6.54 Å². The Morgan fingerprint density at radius 1 is 1.47 bits per heavy atom. The van der Waals surface area contributed by atoms with Gasteiger partial charge in [-0.3, -0.25) is 9.69 Å². The molecule has 0 heterocycles. The zero-order valence-electron chi connectivity index (χ0n) is 9.99. The van der Waals surface area contributed by atoms with Gasteiger partial charge >= 0.3 is 5.97 Å². The molecule has 0 aromatic rings. The zero-order chi connectivity index (χ0) is 11.8. The van der Waals surface area contributed by atoms with E-state index in [-0.39, 0.29) is 24.5 Å². The molecule has 0 rings (SSSR count). The first-order chi connectivity index (χ1) is 6.99.